The first-order valence-electron chi connectivity index (χ1n) is 9.90. The van der Waals surface area contributed by atoms with Crippen molar-refractivity contribution < 1.29 is 4.79 Å². The first-order valence-corrected chi connectivity index (χ1v) is 10.9. The molecule has 27 heavy (non-hydrogen) atoms. The normalized spacial score (nSPS) is 24.8. The number of thioether (sulfide) groups is 1. The van der Waals surface area contributed by atoms with Gasteiger partial charge in [-0.25, -0.2) is 4.98 Å². The number of imidazole rings is 1. The van der Waals surface area contributed by atoms with Crippen LogP contribution in [0.1, 0.15) is 39.0 Å². The maximum atomic E-state index is 12.5. The molecule has 2 saturated carbocycles. The van der Waals surface area contributed by atoms with E-state index < -0.39 is 0 Å². The summed E-state index contributed by atoms with van der Waals surface area (Å²) in [6.07, 6.45) is 5.80. The van der Waals surface area contributed by atoms with Crippen molar-refractivity contribution in [2.24, 2.45) is 17.8 Å². The highest BCUT2D eigenvalue weighted by atomic mass is 32.2. The molecule has 4 unspecified atom stereocenters. The maximum absolute atomic E-state index is 12.5. The van der Waals surface area contributed by atoms with Crippen LogP contribution >= 0.6 is 11.8 Å². The number of carbonyl (C=O) groups is 1. The number of hydrogen-bond acceptors (Lipinski definition) is 4. The minimum absolute atomic E-state index is 0.0779. The number of amides is 1. The van der Waals surface area contributed by atoms with Gasteiger partial charge in [0.25, 0.3) is 0 Å². The summed E-state index contributed by atoms with van der Waals surface area (Å²) in [5, 5.41) is 13.0. The van der Waals surface area contributed by atoms with E-state index in [0.29, 0.717) is 24.6 Å². The second-order valence-corrected chi connectivity index (χ2v) is 8.87. The third-order valence-electron chi connectivity index (χ3n) is 6.22. The largest absolute Gasteiger partial charge is 0.353 e. The Bertz CT molecular complexity index is 871. The highest BCUT2D eigenvalue weighted by molar-refractivity contribution is 7.99. The first-order chi connectivity index (χ1) is 13.2. The van der Waals surface area contributed by atoms with Crippen molar-refractivity contribution >= 4 is 28.7 Å². The molecule has 142 valence electrons. The van der Waals surface area contributed by atoms with Crippen molar-refractivity contribution in [2.75, 3.05) is 5.75 Å². The van der Waals surface area contributed by atoms with E-state index in [0.717, 1.165) is 28.0 Å². The van der Waals surface area contributed by atoms with Crippen LogP contribution < -0.4 is 5.32 Å². The quantitative estimate of drug-likeness (QED) is 0.735. The molecule has 1 heterocycles. The van der Waals surface area contributed by atoms with E-state index in [1.54, 1.807) is 0 Å². The molecular weight excluding hydrogens is 356 g/mol. The molecule has 0 spiro atoms. The van der Waals surface area contributed by atoms with Gasteiger partial charge in [0.1, 0.15) is 0 Å². The number of para-hydroxylation sites is 2. The van der Waals surface area contributed by atoms with Gasteiger partial charge in [0.2, 0.25) is 5.91 Å². The highest BCUT2D eigenvalue weighted by Gasteiger charge is 2.42. The summed E-state index contributed by atoms with van der Waals surface area (Å²) in [5.41, 5.74) is 1.93. The van der Waals surface area contributed by atoms with Crippen molar-refractivity contribution in [3.63, 3.8) is 0 Å². The molecule has 1 aromatic carbocycles. The van der Waals surface area contributed by atoms with Crippen LogP contribution in [0.5, 0.6) is 0 Å². The van der Waals surface area contributed by atoms with E-state index in [4.69, 9.17) is 5.26 Å². The van der Waals surface area contributed by atoms with E-state index in [2.05, 4.69) is 27.9 Å². The number of aromatic nitrogens is 2. The summed E-state index contributed by atoms with van der Waals surface area (Å²) >= 11 is 1.46. The molecule has 2 aliphatic rings. The molecule has 4 atom stereocenters. The number of nitrogens with one attached hydrogen (secondary N) is 1. The minimum atomic E-state index is 0.0779. The van der Waals surface area contributed by atoms with E-state index in [9.17, 15) is 4.79 Å². The lowest BCUT2D eigenvalue weighted by molar-refractivity contribution is -0.119. The number of nitrogens with zero attached hydrogens (tertiary/aromatic N) is 3. The molecule has 4 rings (SSSR count). The number of hydrogen-bond donors (Lipinski definition) is 1. The maximum Gasteiger partial charge on any atom is 0.230 e. The van der Waals surface area contributed by atoms with E-state index in [-0.39, 0.29) is 11.9 Å². The average molecular weight is 383 g/mol. The molecule has 1 N–H and O–H groups in total. The van der Waals surface area contributed by atoms with Gasteiger partial charge in [-0.2, -0.15) is 5.26 Å². The molecule has 6 heteroatoms. The van der Waals surface area contributed by atoms with Crippen molar-refractivity contribution in [1.82, 2.24) is 14.9 Å². The number of carbonyl (C=O) groups excluding carboxylic acids is 1. The standard InChI is InChI=1S/C21H26N4OS/c1-14(17-12-15-7-8-16(17)11-15)23-20(26)13-27-21-24-18-5-2-3-6-19(18)25(21)10-4-9-22/h2-3,5-6,14-17H,4,7-8,10-13H2,1H3,(H,23,26). The lowest BCUT2D eigenvalue weighted by Crippen LogP contribution is -2.40. The summed E-state index contributed by atoms with van der Waals surface area (Å²) in [6, 6.07) is 10.4. The molecule has 1 aromatic heterocycles. The summed E-state index contributed by atoms with van der Waals surface area (Å²) in [7, 11) is 0. The highest BCUT2D eigenvalue weighted by Crippen LogP contribution is 2.49. The zero-order chi connectivity index (χ0) is 18.8. The molecule has 0 saturated heterocycles. The molecule has 0 aliphatic heterocycles. The Morgan fingerprint density at radius 2 is 2.26 bits per heavy atom. The Morgan fingerprint density at radius 3 is 3.00 bits per heavy atom. The SMILES string of the molecule is CC(NC(=O)CSc1nc2ccccc2n1CCC#N)C1CC2CCC1C2. The zero-order valence-electron chi connectivity index (χ0n) is 15.7. The van der Waals surface area contributed by atoms with Gasteiger partial charge in [-0.15, -0.1) is 0 Å². The fraction of sp³-hybridized carbons (Fsp3) is 0.571. The monoisotopic (exact) mass is 382 g/mol. The molecule has 2 aliphatic carbocycles. The first kappa shape index (κ1) is 18.4. The summed E-state index contributed by atoms with van der Waals surface area (Å²) in [4.78, 5) is 17.2. The van der Waals surface area contributed by atoms with Gasteiger partial charge in [0.15, 0.2) is 5.16 Å². The smallest absolute Gasteiger partial charge is 0.230 e. The van der Waals surface area contributed by atoms with Crippen LogP contribution in [0.3, 0.4) is 0 Å². The van der Waals surface area contributed by atoms with Crippen LogP contribution in [-0.2, 0) is 11.3 Å². The summed E-state index contributed by atoms with van der Waals surface area (Å²) < 4.78 is 2.05. The molecule has 0 radical (unpaired) electrons. The molecule has 1 amide bonds. The van der Waals surface area contributed by atoms with Gasteiger partial charge in [0, 0.05) is 12.6 Å². The van der Waals surface area contributed by atoms with Gasteiger partial charge in [-0.3, -0.25) is 4.79 Å². The Labute approximate surface area is 164 Å². The van der Waals surface area contributed by atoms with Crippen LogP contribution in [0.15, 0.2) is 29.4 Å². The Kier molecular flexibility index (Phi) is 5.40. The Morgan fingerprint density at radius 1 is 1.41 bits per heavy atom. The van der Waals surface area contributed by atoms with Crippen molar-refractivity contribution in [2.45, 2.75) is 56.8 Å². The van der Waals surface area contributed by atoms with E-state index in [1.165, 1.54) is 37.4 Å². The van der Waals surface area contributed by atoms with Crippen LogP contribution in [0, 0.1) is 29.1 Å². The van der Waals surface area contributed by atoms with Gasteiger partial charge in [0.05, 0.1) is 29.3 Å². The molecular formula is C21H26N4OS. The zero-order valence-corrected chi connectivity index (χ0v) is 16.5. The Balaban J connectivity index is 1.38. The van der Waals surface area contributed by atoms with Gasteiger partial charge in [-0.05, 0) is 56.1 Å². The molecule has 5 nitrogen and oxygen atoms in total. The molecule has 2 aromatic rings. The number of benzene rings is 1. The second-order valence-electron chi connectivity index (χ2n) is 7.93. The fourth-order valence-electron chi connectivity index (χ4n) is 4.98. The van der Waals surface area contributed by atoms with Crippen LogP contribution in [0.25, 0.3) is 11.0 Å². The number of fused-ring (bicyclic) bond motifs is 3. The van der Waals surface area contributed by atoms with Crippen molar-refractivity contribution in [3.05, 3.63) is 24.3 Å². The molecule has 2 bridgehead atoms. The average Bonchev–Trinajstić information content (AvgIpc) is 3.38. The third-order valence-corrected chi connectivity index (χ3v) is 7.20. The van der Waals surface area contributed by atoms with Gasteiger partial charge < -0.3 is 9.88 Å². The lowest BCUT2D eigenvalue weighted by Gasteiger charge is -2.28. The van der Waals surface area contributed by atoms with Crippen LogP contribution in [-0.4, -0.2) is 27.3 Å². The van der Waals surface area contributed by atoms with Crippen molar-refractivity contribution in [3.8, 4) is 6.07 Å². The number of nitriles is 1. The van der Waals surface area contributed by atoms with E-state index in [1.807, 2.05) is 24.3 Å². The summed E-state index contributed by atoms with van der Waals surface area (Å²) in [6.45, 7) is 2.76. The lowest BCUT2D eigenvalue weighted by atomic mass is 9.84. The van der Waals surface area contributed by atoms with E-state index >= 15 is 0 Å². The summed E-state index contributed by atoms with van der Waals surface area (Å²) in [5.74, 6) is 2.80. The topological polar surface area (TPSA) is 70.7 Å². The minimum Gasteiger partial charge on any atom is -0.353 e. The fourth-order valence-corrected chi connectivity index (χ4v) is 5.83. The van der Waals surface area contributed by atoms with Crippen LogP contribution in [0.2, 0.25) is 0 Å². The predicted octanol–water partition coefficient (Wildman–Crippen LogP) is 3.98. The van der Waals surface area contributed by atoms with Gasteiger partial charge >= 0.3 is 0 Å². The second kappa shape index (κ2) is 7.93. The Hall–Kier alpha value is -2.00. The third kappa shape index (κ3) is 3.84. The van der Waals surface area contributed by atoms with Gasteiger partial charge in [-0.1, -0.05) is 30.3 Å². The molecule has 2 fully saturated rings. The number of aryl methyl sites for hydroxylation is 1. The van der Waals surface area contributed by atoms with Crippen molar-refractivity contribution in [1.29, 1.82) is 5.26 Å². The number of rotatable bonds is 7. The predicted molar refractivity (Wildman–Crippen MR) is 107 cm³/mol. The van der Waals surface area contributed by atoms with Crippen LogP contribution in [0.4, 0.5) is 0 Å².